The first-order chi connectivity index (χ1) is 11.4. The number of carbonyl (C=O) groups excluding carboxylic acids is 2. The molecule has 0 radical (unpaired) electrons. The quantitative estimate of drug-likeness (QED) is 0.829. The number of aryl methyl sites for hydroxylation is 1. The molecule has 0 spiro atoms. The summed E-state index contributed by atoms with van der Waals surface area (Å²) < 4.78 is 13.2. The van der Waals surface area contributed by atoms with Crippen LogP contribution in [-0.2, 0) is 9.59 Å². The molecule has 0 unspecified atom stereocenters. The van der Waals surface area contributed by atoms with Crippen LogP contribution in [-0.4, -0.2) is 11.8 Å². The van der Waals surface area contributed by atoms with Gasteiger partial charge < -0.3 is 5.32 Å². The van der Waals surface area contributed by atoms with Crippen LogP contribution in [0.3, 0.4) is 0 Å². The topological polar surface area (TPSA) is 49.4 Å². The highest BCUT2D eigenvalue weighted by Crippen LogP contribution is 2.31. The second-order valence-electron chi connectivity index (χ2n) is 5.23. The molecular formula is C17H11Cl2FN2O2. The highest BCUT2D eigenvalue weighted by atomic mass is 35.5. The van der Waals surface area contributed by atoms with Gasteiger partial charge in [0.05, 0.1) is 10.7 Å². The molecule has 0 saturated carbocycles. The Hall–Kier alpha value is -2.37. The van der Waals surface area contributed by atoms with E-state index in [1.807, 2.05) is 13.0 Å². The number of carbonyl (C=O) groups is 2. The molecule has 0 fully saturated rings. The molecule has 1 aliphatic heterocycles. The first kappa shape index (κ1) is 16.5. The largest absolute Gasteiger partial charge is 0.350 e. The Morgan fingerprint density at radius 2 is 1.79 bits per heavy atom. The van der Waals surface area contributed by atoms with Crippen LogP contribution < -0.4 is 10.2 Å². The van der Waals surface area contributed by atoms with Crippen molar-refractivity contribution in [3.05, 3.63) is 69.6 Å². The smallest absolute Gasteiger partial charge is 0.283 e. The average molecular weight is 365 g/mol. The molecule has 0 aliphatic carbocycles. The molecule has 0 atom stereocenters. The molecule has 122 valence electrons. The Morgan fingerprint density at radius 1 is 1.04 bits per heavy atom. The van der Waals surface area contributed by atoms with Crippen molar-refractivity contribution in [1.82, 2.24) is 0 Å². The summed E-state index contributed by atoms with van der Waals surface area (Å²) in [6, 6.07) is 10.8. The van der Waals surface area contributed by atoms with Crippen molar-refractivity contribution < 1.29 is 14.0 Å². The van der Waals surface area contributed by atoms with Gasteiger partial charge in [-0.25, -0.2) is 9.29 Å². The molecule has 1 N–H and O–H groups in total. The van der Waals surface area contributed by atoms with Crippen molar-refractivity contribution in [2.24, 2.45) is 0 Å². The van der Waals surface area contributed by atoms with Crippen LogP contribution in [0.2, 0.25) is 5.02 Å². The second-order valence-corrected chi connectivity index (χ2v) is 6.01. The lowest BCUT2D eigenvalue weighted by molar-refractivity contribution is -0.120. The fraction of sp³-hybridized carbons (Fsp3) is 0.0588. The van der Waals surface area contributed by atoms with E-state index in [0.717, 1.165) is 16.5 Å². The van der Waals surface area contributed by atoms with Gasteiger partial charge in [0, 0.05) is 5.69 Å². The van der Waals surface area contributed by atoms with E-state index in [2.05, 4.69) is 5.32 Å². The monoisotopic (exact) mass is 364 g/mol. The third-order valence-corrected chi connectivity index (χ3v) is 4.12. The zero-order valence-corrected chi connectivity index (χ0v) is 14.0. The van der Waals surface area contributed by atoms with E-state index in [-0.39, 0.29) is 15.8 Å². The van der Waals surface area contributed by atoms with Crippen molar-refractivity contribution in [3.63, 3.8) is 0 Å². The Labute approximate surface area is 147 Å². The van der Waals surface area contributed by atoms with Crippen LogP contribution in [0.4, 0.5) is 15.8 Å². The Morgan fingerprint density at radius 3 is 2.46 bits per heavy atom. The van der Waals surface area contributed by atoms with Crippen molar-refractivity contribution in [1.29, 1.82) is 0 Å². The van der Waals surface area contributed by atoms with Crippen LogP contribution in [0.25, 0.3) is 0 Å². The van der Waals surface area contributed by atoms with Gasteiger partial charge in [-0.1, -0.05) is 35.3 Å². The molecule has 3 rings (SSSR count). The molecule has 0 aromatic heterocycles. The standard InChI is InChI=1S/C17H11Cl2FN2O2/c1-9-3-2-4-11(7-9)22-16(23)14(19)15(17(22)24)21-10-5-6-13(20)12(18)8-10/h2-8,21H,1H3. The van der Waals surface area contributed by atoms with Gasteiger partial charge in [0.25, 0.3) is 11.8 Å². The Balaban J connectivity index is 1.93. The highest BCUT2D eigenvalue weighted by Gasteiger charge is 2.38. The second kappa shape index (κ2) is 6.26. The van der Waals surface area contributed by atoms with Gasteiger partial charge in [0.1, 0.15) is 16.5 Å². The number of amides is 2. The number of benzene rings is 2. The van der Waals surface area contributed by atoms with Gasteiger partial charge in [0.15, 0.2) is 0 Å². The first-order valence-electron chi connectivity index (χ1n) is 6.96. The molecule has 2 aromatic rings. The zero-order valence-electron chi connectivity index (χ0n) is 12.4. The SMILES string of the molecule is Cc1cccc(N2C(=O)C(Cl)=C(Nc3ccc(F)c(Cl)c3)C2=O)c1. The van der Waals surface area contributed by atoms with Crippen molar-refractivity contribution in [3.8, 4) is 0 Å². The number of hydrogen-bond donors (Lipinski definition) is 1. The average Bonchev–Trinajstić information content (AvgIpc) is 2.74. The number of hydrogen-bond acceptors (Lipinski definition) is 3. The summed E-state index contributed by atoms with van der Waals surface area (Å²) in [7, 11) is 0. The predicted molar refractivity (Wildman–Crippen MR) is 91.6 cm³/mol. The molecule has 0 bridgehead atoms. The molecule has 4 nitrogen and oxygen atoms in total. The summed E-state index contributed by atoms with van der Waals surface area (Å²) >= 11 is 11.7. The summed E-state index contributed by atoms with van der Waals surface area (Å²) in [4.78, 5) is 25.9. The maximum Gasteiger partial charge on any atom is 0.283 e. The molecule has 1 aliphatic rings. The first-order valence-corrected chi connectivity index (χ1v) is 7.71. The third-order valence-electron chi connectivity index (χ3n) is 3.48. The molecule has 24 heavy (non-hydrogen) atoms. The van der Waals surface area contributed by atoms with E-state index in [1.165, 1.54) is 12.1 Å². The number of anilines is 2. The molecule has 0 saturated heterocycles. The van der Waals surface area contributed by atoms with Gasteiger partial charge >= 0.3 is 0 Å². The molecular weight excluding hydrogens is 354 g/mol. The highest BCUT2D eigenvalue weighted by molar-refractivity contribution is 6.53. The van der Waals surface area contributed by atoms with Crippen LogP contribution >= 0.6 is 23.2 Å². The van der Waals surface area contributed by atoms with Crippen molar-refractivity contribution in [2.75, 3.05) is 10.2 Å². The lowest BCUT2D eigenvalue weighted by atomic mass is 10.2. The number of halogens is 3. The minimum Gasteiger partial charge on any atom is -0.350 e. The van der Waals surface area contributed by atoms with Gasteiger partial charge in [-0.3, -0.25) is 9.59 Å². The van der Waals surface area contributed by atoms with Gasteiger partial charge in [0.2, 0.25) is 0 Å². The minimum absolute atomic E-state index is 0.0779. The minimum atomic E-state index is -0.622. The van der Waals surface area contributed by atoms with Gasteiger partial charge in [-0.2, -0.15) is 0 Å². The Bertz CT molecular complexity index is 896. The fourth-order valence-electron chi connectivity index (χ4n) is 2.33. The van der Waals surface area contributed by atoms with E-state index in [9.17, 15) is 14.0 Å². The van der Waals surface area contributed by atoms with E-state index >= 15 is 0 Å². The van der Waals surface area contributed by atoms with E-state index in [0.29, 0.717) is 11.4 Å². The van der Waals surface area contributed by atoms with Crippen molar-refractivity contribution >= 4 is 46.4 Å². The predicted octanol–water partition coefficient (Wildman–Crippen LogP) is 4.22. The van der Waals surface area contributed by atoms with E-state index < -0.39 is 17.6 Å². The summed E-state index contributed by atoms with van der Waals surface area (Å²) in [5, 5.41) is 2.40. The number of imide groups is 1. The summed E-state index contributed by atoms with van der Waals surface area (Å²) in [6.45, 7) is 1.85. The third kappa shape index (κ3) is 2.88. The van der Waals surface area contributed by atoms with E-state index in [1.54, 1.807) is 18.2 Å². The summed E-state index contributed by atoms with van der Waals surface area (Å²) in [5.41, 5.74) is 1.60. The summed E-state index contributed by atoms with van der Waals surface area (Å²) in [5.74, 6) is -1.79. The maximum absolute atomic E-state index is 13.2. The lowest BCUT2D eigenvalue weighted by Gasteiger charge is -2.15. The van der Waals surface area contributed by atoms with Crippen molar-refractivity contribution in [2.45, 2.75) is 6.92 Å². The van der Waals surface area contributed by atoms with Gasteiger partial charge in [-0.05, 0) is 42.8 Å². The number of rotatable bonds is 3. The number of nitrogens with zero attached hydrogens (tertiary/aromatic N) is 1. The molecule has 2 aromatic carbocycles. The molecule has 7 heteroatoms. The van der Waals surface area contributed by atoms with E-state index in [4.69, 9.17) is 23.2 Å². The Kier molecular flexibility index (Phi) is 4.30. The fourth-order valence-corrected chi connectivity index (χ4v) is 2.72. The lowest BCUT2D eigenvalue weighted by Crippen LogP contribution is -2.32. The van der Waals surface area contributed by atoms with Gasteiger partial charge in [-0.15, -0.1) is 0 Å². The normalized spacial score (nSPS) is 14.6. The maximum atomic E-state index is 13.2. The summed E-state index contributed by atoms with van der Waals surface area (Å²) in [6.07, 6.45) is 0. The number of nitrogens with one attached hydrogen (secondary N) is 1. The van der Waals surface area contributed by atoms with Crippen LogP contribution in [0, 0.1) is 12.7 Å². The zero-order chi connectivity index (χ0) is 17.4. The van der Waals surface area contributed by atoms with Crippen LogP contribution in [0.15, 0.2) is 53.2 Å². The van der Waals surface area contributed by atoms with Crippen LogP contribution in [0.1, 0.15) is 5.56 Å². The molecule has 2 amide bonds. The van der Waals surface area contributed by atoms with Crippen LogP contribution in [0.5, 0.6) is 0 Å². The molecule has 1 heterocycles.